The highest BCUT2D eigenvalue weighted by Gasteiger charge is 2.19. The maximum Gasteiger partial charge on any atom is 0.0704 e. The second kappa shape index (κ2) is 5.13. The molecule has 2 heteroatoms. The molecular formula is C12H27NO. The summed E-state index contributed by atoms with van der Waals surface area (Å²) in [4.78, 5) is 0. The third-order valence-electron chi connectivity index (χ3n) is 1.84. The van der Waals surface area contributed by atoms with Crippen molar-refractivity contribution in [1.82, 2.24) is 5.32 Å². The predicted octanol–water partition coefficient (Wildman–Crippen LogP) is 2.97. The Morgan fingerprint density at radius 2 is 1.57 bits per heavy atom. The molecule has 0 saturated carbocycles. The average molecular weight is 201 g/mol. The standard InChI is InChI=1S/C12H27NO/c1-8-10(14-12(5,6)7)9-13-11(2,3)4/h10,13H,8-9H2,1-7H3. The Morgan fingerprint density at radius 3 is 1.86 bits per heavy atom. The molecule has 2 nitrogen and oxygen atoms in total. The molecular weight excluding hydrogens is 174 g/mol. The second-order valence-electron chi connectivity index (χ2n) is 5.89. The summed E-state index contributed by atoms with van der Waals surface area (Å²) in [6.45, 7) is 15.9. The number of hydrogen-bond donors (Lipinski definition) is 1. The van der Waals surface area contributed by atoms with Gasteiger partial charge in [-0.25, -0.2) is 0 Å². The SMILES string of the molecule is CCC(CNC(C)(C)C)OC(C)(C)C. The van der Waals surface area contributed by atoms with Gasteiger partial charge in [-0.1, -0.05) is 6.92 Å². The van der Waals surface area contributed by atoms with Crippen molar-refractivity contribution in [2.24, 2.45) is 0 Å². The summed E-state index contributed by atoms with van der Waals surface area (Å²) in [5.41, 5.74) is 0.134. The van der Waals surface area contributed by atoms with E-state index in [4.69, 9.17) is 4.74 Å². The first kappa shape index (κ1) is 13.9. The molecule has 0 fully saturated rings. The monoisotopic (exact) mass is 201 g/mol. The van der Waals surface area contributed by atoms with Gasteiger partial charge in [0, 0.05) is 12.1 Å². The van der Waals surface area contributed by atoms with Gasteiger partial charge in [0.05, 0.1) is 11.7 Å². The summed E-state index contributed by atoms with van der Waals surface area (Å²) in [5.74, 6) is 0. The third-order valence-corrected chi connectivity index (χ3v) is 1.84. The van der Waals surface area contributed by atoms with Crippen molar-refractivity contribution < 1.29 is 4.74 Å². The van der Waals surface area contributed by atoms with Crippen molar-refractivity contribution in [3.63, 3.8) is 0 Å². The van der Waals surface area contributed by atoms with Crippen LogP contribution in [0.1, 0.15) is 54.9 Å². The van der Waals surface area contributed by atoms with Gasteiger partial charge in [-0.3, -0.25) is 0 Å². The van der Waals surface area contributed by atoms with Crippen LogP contribution in [-0.4, -0.2) is 23.8 Å². The molecule has 0 radical (unpaired) electrons. The summed E-state index contributed by atoms with van der Waals surface area (Å²) in [6, 6.07) is 0. The highest BCUT2D eigenvalue weighted by molar-refractivity contribution is 4.74. The van der Waals surface area contributed by atoms with E-state index in [0.29, 0.717) is 6.10 Å². The maximum atomic E-state index is 5.92. The van der Waals surface area contributed by atoms with Gasteiger partial charge >= 0.3 is 0 Å². The molecule has 14 heavy (non-hydrogen) atoms. The van der Waals surface area contributed by atoms with Crippen LogP contribution < -0.4 is 5.32 Å². The van der Waals surface area contributed by atoms with Crippen molar-refractivity contribution in [3.05, 3.63) is 0 Å². The van der Waals surface area contributed by atoms with Crippen LogP contribution in [0.15, 0.2) is 0 Å². The zero-order valence-corrected chi connectivity index (χ0v) is 10.9. The second-order valence-corrected chi connectivity index (χ2v) is 5.89. The van der Waals surface area contributed by atoms with Gasteiger partial charge in [0.15, 0.2) is 0 Å². The Hall–Kier alpha value is -0.0800. The summed E-state index contributed by atoms with van der Waals surface area (Å²) in [7, 11) is 0. The maximum absolute atomic E-state index is 5.92. The summed E-state index contributed by atoms with van der Waals surface area (Å²) in [5, 5.41) is 3.47. The lowest BCUT2D eigenvalue weighted by molar-refractivity contribution is -0.0615. The lowest BCUT2D eigenvalue weighted by Crippen LogP contribution is -2.43. The molecule has 1 unspecified atom stereocenters. The van der Waals surface area contributed by atoms with Crippen LogP contribution in [0.3, 0.4) is 0 Å². The average Bonchev–Trinajstić information content (AvgIpc) is 1.94. The minimum atomic E-state index is -0.0414. The molecule has 0 heterocycles. The van der Waals surface area contributed by atoms with E-state index in [1.54, 1.807) is 0 Å². The zero-order valence-electron chi connectivity index (χ0n) is 10.9. The van der Waals surface area contributed by atoms with E-state index in [9.17, 15) is 0 Å². The van der Waals surface area contributed by atoms with Gasteiger partial charge in [-0.05, 0) is 48.0 Å². The number of nitrogens with one attached hydrogen (secondary N) is 1. The van der Waals surface area contributed by atoms with Crippen molar-refractivity contribution in [2.45, 2.75) is 72.1 Å². The van der Waals surface area contributed by atoms with Crippen LogP contribution in [-0.2, 0) is 4.74 Å². The van der Waals surface area contributed by atoms with Gasteiger partial charge < -0.3 is 10.1 Å². The molecule has 0 saturated heterocycles. The largest absolute Gasteiger partial charge is 0.371 e. The van der Waals surface area contributed by atoms with E-state index in [1.165, 1.54) is 0 Å². The Kier molecular flexibility index (Phi) is 5.10. The molecule has 0 aromatic carbocycles. The molecule has 0 bridgehead atoms. The first-order chi connectivity index (χ1) is 6.14. The van der Waals surface area contributed by atoms with Crippen molar-refractivity contribution in [2.75, 3.05) is 6.54 Å². The van der Waals surface area contributed by atoms with Crippen LogP contribution in [0.5, 0.6) is 0 Å². The lowest BCUT2D eigenvalue weighted by Gasteiger charge is -2.30. The Labute approximate surface area is 89.4 Å². The quantitative estimate of drug-likeness (QED) is 0.755. The Balaban J connectivity index is 3.93. The van der Waals surface area contributed by atoms with Crippen molar-refractivity contribution >= 4 is 0 Å². The number of hydrogen-bond acceptors (Lipinski definition) is 2. The van der Waals surface area contributed by atoms with Crippen LogP contribution >= 0.6 is 0 Å². The van der Waals surface area contributed by atoms with Gasteiger partial charge in [0.1, 0.15) is 0 Å². The van der Waals surface area contributed by atoms with Gasteiger partial charge in [0.2, 0.25) is 0 Å². The summed E-state index contributed by atoms with van der Waals surface area (Å²) in [6.07, 6.45) is 1.37. The van der Waals surface area contributed by atoms with E-state index in [1.807, 2.05) is 0 Å². The van der Waals surface area contributed by atoms with Gasteiger partial charge in [-0.2, -0.15) is 0 Å². The highest BCUT2D eigenvalue weighted by Crippen LogP contribution is 2.13. The smallest absolute Gasteiger partial charge is 0.0704 e. The molecule has 0 spiro atoms. The van der Waals surface area contributed by atoms with Crippen LogP contribution in [0.25, 0.3) is 0 Å². The molecule has 0 aliphatic heterocycles. The highest BCUT2D eigenvalue weighted by atomic mass is 16.5. The molecule has 1 atom stereocenters. The molecule has 0 aromatic heterocycles. The van der Waals surface area contributed by atoms with Crippen LogP contribution in [0.4, 0.5) is 0 Å². The fourth-order valence-electron chi connectivity index (χ4n) is 1.19. The molecule has 0 aromatic rings. The number of rotatable bonds is 4. The molecule has 0 rings (SSSR count). The van der Waals surface area contributed by atoms with E-state index in [-0.39, 0.29) is 11.1 Å². The molecule has 0 aliphatic rings. The number of ether oxygens (including phenoxy) is 1. The third kappa shape index (κ3) is 8.52. The Morgan fingerprint density at radius 1 is 1.07 bits per heavy atom. The molecule has 0 amide bonds. The normalized spacial score (nSPS) is 15.6. The van der Waals surface area contributed by atoms with Crippen molar-refractivity contribution in [3.8, 4) is 0 Å². The molecule has 0 aliphatic carbocycles. The van der Waals surface area contributed by atoms with E-state index in [0.717, 1.165) is 13.0 Å². The predicted molar refractivity (Wildman–Crippen MR) is 62.7 cm³/mol. The molecule has 86 valence electrons. The minimum Gasteiger partial charge on any atom is -0.371 e. The lowest BCUT2D eigenvalue weighted by atomic mass is 10.1. The van der Waals surface area contributed by atoms with E-state index in [2.05, 4.69) is 53.8 Å². The van der Waals surface area contributed by atoms with Crippen molar-refractivity contribution in [1.29, 1.82) is 0 Å². The van der Waals surface area contributed by atoms with Crippen LogP contribution in [0, 0.1) is 0 Å². The van der Waals surface area contributed by atoms with E-state index >= 15 is 0 Å². The van der Waals surface area contributed by atoms with Crippen LogP contribution in [0.2, 0.25) is 0 Å². The fourth-order valence-corrected chi connectivity index (χ4v) is 1.19. The van der Waals surface area contributed by atoms with E-state index < -0.39 is 0 Å². The minimum absolute atomic E-state index is 0.0414. The molecule has 1 N–H and O–H groups in total. The fraction of sp³-hybridized carbons (Fsp3) is 1.00. The van der Waals surface area contributed by atoms with Gasteiger partial charge in [-0.15, -0.1) is 0 Å². The summed E-state index contributed by atoms with van der Waals surface area (Å²) < 4.78 is 5.92. The Bertz CT molecular complexity index is 153. The first-order valence-corrected chi connectivity index (χ1v) is 5.57. The summed E-state index contributed by atoms with van der Waals surface area (Å²) >= 11 is 0. The zero-order chi connectivity index (χ0) is 11.4. The first-order valence-electron chi connectivity index (χ1n) is 5.57. The topological polar surface area (TPSA) is 21.3 Å². The van der Waals surface area contributed by atoms with Gasteiger partial charge in [0.25, 0.3) is 0 Å².